The van der Waals surface area contributed by atoms with Crippen LogP contribution in [-0.2, 0) is 4.79 Å². The average molecular weight is 443 g/mol. The van der Waals surface area contributed by atoms with Gasteiger partial charge in [0.1, 0.15) is 5.75 Å². The normalized spacial score (nSPS) is 14.2. The molecule has 0 aromatic heterocycles. The van der Waals surface area contributed by atoms with Gasteiger partial charge in [0, 0.05) is 42.6 Å². The van der Waals surface area contributed by atoms with Gasteiger partial charge in [-0.2, -0.15) is 0 Å². The monoisotopic (exact) mass is 442 g/mol. The minimum Gasteiger partial charge on any atom is -0.496 e. The number of nitrogens with zero attached hydrogens (tertiary/aromatic N) is 1. The van der Waals surface area contributed by atoms with Gasteiger partial charge in [-0.25, -0.2) is 0 Å². The Bertz CT molecular complexity index is 951. The van der Waals surface area contributed by atoms with Gasteiger partial charge >= 0.3 is 0 Å². The first kappa shape index (κ1) is 22.8. The lowest BCUT2D eigenvalue weighted by atomic mass is 10.0. The van der Waals surface area contributed by atoms with Crippen LogP contribution in [0.25, 0.3) is 0 Å². The van der Waals surface area contributed by atoms with Gasteiger partial charge in [0.15, 0.2) is 5.78 Å². The minimum atomic E-state index is -0.243. The summed E-state index contributed by atoms with van der Waals surface area (Å²) in [5.74, 6) is 0.174. The lowest BCUT2D eigenvalue weighted by Crippen LogP contribution is -2.46. The third-order valence-electron chi connectivity index (χ3n) is 5.53. The van der Waals surface area contributed by atoms with Crippen molar-refractivity contribution in [2.75, 3.05) is 20.2 Å². The van der Waals surface area contributed by atoms with Crippen molar-refractivity contribution >= 4 is 29.2 Å². The number of rotatable bonds is 7. The summed E-state index contributed by atoms with van der Waals surface area (Å²) in [5, 5.41) is 3.47. The number of ketones is 1. The van der Waals surface area contributed by atoms with E-state index in [9.17, 15) is 14.4 Å². The van der Waals surface area contributed by atoms with Crippen molar-refractivity contribution in [2.45, 2.75) is 38.6 Å². The molecular weight excluding hydrogens is 416 g/mol. The zero-order valence-electron chi connectivity index (χ0n) is 17.8. The van der Waals surface area contributed by atoms with E-state index in [2.05, 4.69) is 5.32 Å². The van der Waals surface area contributed by atoms with Crippen LogP contribution < -0.4 is 10.1 Å². The fourth-order valence-electron chi connectivity index (χ4n) is 3.66. The number of Topliss-reactive ketones (excluding diaryl/α,β-unsaturated/α-hetero) is 1. The van der Waals surface area contributed by atoms with E-state index in [-0.39, 0.29) is 36.5 Å². The van der Waals surface area contributed by atoms with E-state index in [4.69, 9.17) is 16.3 Å². The van der Waals surface area contributed by atoms with Crippen LogP contribution in [-0.4, -0.2) is 48.7 Å². The van der Waals surface area contributed by atoms with Crippen molar-refractivity contribution in [3.05, 3.63) is 64.2 Å². The summed E-state index contributed by atoms with van der Waals surface area (Å²) in [6.45, 7) is 3.07. The maximum Gasteiger partial charge on any atom is 0.255 e. The van der Waals surface area contributed by atoms with Crippen LogP contribution in [0.4, 0.5) is 0 Å². The Labute approximate surface area is 187 Å². The number of methoxy groups -OCH3 is 1. The molecular formula is C24H27ClN2O4. The Balaban J connectivity index is 1.46. The van der Waals surface area contributed by atoms with Gasteiger partial charge in [-0.05, 0) is 38.0 Å². The molecule has 0 spiro atoms. The predicted molar refractivity (Wildman–Crippen MR) is 120 cm³/mol. The smallest absolute Gasteiger partial charge is 0.255 e. The predicted octanol–water partition coefficient (Wildman–Crippen LogP) is 4.04. The Hall–Kier alpha value is -2.86. The second kappa shape index (κ2) is 10.4. The molecule has 1 saturated heterocycles. The summed E-state index contributed by atoms with van der Waals surface area (Å²) in [7, 11) is 1.51. The molecule has 3 rings (SSSR count). The molecule has 6 nitrogen and oxygen atoms in total. The summed E-state index contributed by atoms with van der Waals surface area (Å²) in [5.41, 5.74) is 2.12. The van der Waals surface area contributed by atoms with Crippen molar-refractivity contribution < 1.29 is 19.1 Å². The first-order chi connectivity index (χ1) is 14.9. The van der Waals surface area contributed by atoms with Crippen LogP contribution in [0, 0.1) is 6.92 Å². The lowest BCUT2D eigenvalue weighted by Gasteiger charge is -2.32. The number of hydrogen-bond donors (Lipinski definition) is 1. The topological polar surface area (TPSA) is 75.7 Å². The number of likely N-dealkylation sites (tertiary alicyclic amines) is 1. The molecule has 164 valence electrons. The number of nitrogens with one attached hydrogen (secondary N) is 1. The zero-order chi connectivity index (χ0) is 22.4. The van der Waals surface area contributed by atoms with Crippen LogP contribution in [0.2, 0.25) is 5.02 Å². The van der Waals surface area contributed by atoms with E-state index in [0.717, 1.165) is 5.56 Å². The first-order valence-corrected chi connectivity index (χ1v) is 10.8. The summed E-state index contributed by atoms with van der Waals surface area (Å²) in [6.07, 6.45) is 1.72. The summed E-state index contributed by atoms with van der Waals surface area (Å²) in [6, 6.07) is 12.3. The number of hydrogen-bond acceptors (Lipinski definition) is 4. The van der Waals surface area contributed by atoms with Gasteiger partial charge in [-0.3, -0.25) is 14.4 Å². The number of carbonyl (C=O) groups is 3. The second-order valence-electron chi connectivity index (χ2n) is 7.76. The van der Waals surface area contributed by atoms with Gasteiger partial charge in [-0.1, -0.05) is 41.4 Å². The molecule has 7 heteroatoms. The molecule has 0 atom stereocenters. The molecule has 2 aromatic carbocycles. The molecule has 0 unspecified atom stereocenters. The quantitative estimate of drug-likeness (QED) is 0.656. The number of aryl methyl sites for hydroxylation is 1. The Kier molecular flexibility index (Phi) is 7.69. The van der Waals surface area contributed by atoms with Gasteiger partial charge in [0.2, 0.25) is 5.91 Å². The summed E-state index contributed by atoms with van der Waals surface area (Å²) >= 11 is 6.01. The SMILES string of the molecule is COc1ccc(Cl)cc1C(=O)NC1CCN(C(=O)CCC(=O)c2ccc(C)cc2)CC1. The van der Waals surface area contributed by atoms with Crippen LogP contribution in [0.3, 0.4) is 0 Å². The van der Waals surface area contributed by atoms with E-state index < -0.39 is 0 Å². The number of amides is 2. The van der Waals surface area contributed by atoms with Crippen molar-refractivity contribution in [3.63, 3.8) is 0 Å². The second-order valence-corrected chi connectivity index (χ2v) is 8.20. The minimum absolute atomic E-state index is 0.0223. The van der Waals surface area contributed by atoms with Gasteiger partial charge in [0.25, 0.3) is 5.91 Å². The molecule has 0 bridgehead atoms. The molecule has 0 aliphatic carbocycles. The zero-order valence-corrected chi connectivity index (χ0v) is 18.6. The number of piperidine rings is 1. The number of benzene rings is 2. The van der Waals surface area contributed by atoms with Crippen LogP contribution in [0.5, 0.6) is 5.75 Å². The Morgan fingerprint density at radius 1 is 1.06 bits per heavy atom. The van der Waals surface area contributed by atoms with Crippen molar-refractivity contribution in [1.29, 1.82) is 0 Å². The molecule has 1 N–H and O–H groups in total. The van der Waals surface area contributed by atoms with E-state index in [1.807, 2.05) is 19.1 Å². The number of ether oxygens (including phenoxy) is 1. The highest BCUT2D eigenvalue weighted by atomic mass is 35.5. The molecule has 0 saturated carbocycles. The van der Waals surface area contributed by atoms with Crippen LogP contribution in [0.15, 0.2) is 42.5 Å². The molecule has 31 heavy (non-hydrogen) atoms. The molecule has 1 fully saturated rings. The van der Waals surface area contributed by atoms with E-state index in [0.29, 0.717) is 47.8 Å². The molecule has 0 radical (unpaired) electrons. The highest BCUT2D eigenvalue weighted by molar-refractivity contribution is 6.31. The fraction of sp³-hybridized carbons (Fsp3) is 0.375. The molecule has 1 aliphatic rings. The van der Waals surface area contributed by atoms with Gasteiger partial charge < -0.3 is 15.0 Å². The largest absolute Gasteiger partial charge is 0.496 e. The summed E-state index contributed by atoms with van der Waals surface area (Å²) in [4.78, 5) is 39.2. The lowest BCUT2D eigenvalue weighted by molar-refractivity contribution is -0.132. The van der Waals surface area contributed by atoms with E-state index >= 15 is 0 Å². The third-order valence-corrected chi connectivity index (χ3v) is 5.76. The molecule has 2 aromatic rings. The number of carbonyl (C=O) groups excluding carboxylic acids is 3. The van der Waals surface area contributed by atoms with E-state index in [1.165, 1.54) is 7.11 Å². The van der Waals surface area contributed by atoms with Crippen molar-refractivity contribution in [1.82, 2.24) is 10.2 Å². The molecule has 2 amide bonds. The number of halogens is 1. The van der Waals surface area contributed by atoms with Crippen molar-refractivity contribution in [3.8, 4) is 5.75 Å². The fourth-order valence-corrected chi connectivity index (χ4v) is 3.83. The maximum absolute atomic E-state index is 12.6. The first-order valence-electron chi connectivity index (χ1n) is 10.4. The standard InChI is InChI=1S/C24H27ClN2O4/c1-16-3-5-17(6-4-16)21(28)8-10-23(29)27-13-11-19(12-14-27)26-24(30)20-15-18(25)7-9-22(20)31-2/h3-7,9,15,19H,8,10-14H2,1-2H3,(H,26,30). The molecule has 1 heterocycles. The van der Waals surface area contributed by atoms with E-state index in [1.54, 1.807) is 35.2 Å². The highest BCUT2D eigenvalue weighted by Crippen LogP contribution is 2.23. The summed E-state index contributed by atoms with van der Waals surface area (Å²) < 4.78 is 5.24. The Morgan fingerprint density at radius 3 is 2.39 bits per heavy atom. The van der Waals surface area contributed by atoms with Gasteiger partial charge in [-0.15, -0.1) is 0 Å². The third kappa shape index (κ3) is 6.07. The highest BCUT2D eigenvalue weighted by Gasteiger charge is 2.25. The van der Waals surface area contributed by atoms with Crippen LogP contribution in [0.1, 0.15) is 52.0 Å². The Morgan fingerprint density at radius 2 is 1.74 bits per heavy atom. The average Bonchev–Trinajstić information content (AvgIpc) is 2.78. The van der Waals surface area contributed by atoms with Gasteiger partial charge in [0.05, 0.1) is 12.7 Å². The van der Waals surface area contributed by atoms with Crippen molar-refractivity contribution in [2.24, 2.45) is 0 Å². The maximum atomic E-state index is 12.6. The van der Waals surface area contributed by atoms with Crippen LogP contribution >= 0.6 is 11.6 Å². The molecule has 1 aliphatic heterocycles.